The van der Waals surface area contributed by atoms with Gasteiger partial charge in [0, 0.05) is 13.0 Å². The third-order valence-corrected chi connectivity index (χ3v) is 12.9. The zero-order valence-corrected chi connectivity index (χ0v) is 27.5. The zero-order valence-electron chi connectivity index (χ0n) is 27.5. The lowest BCUT2D eigenvalue weighted by Gasteiger charge is -2.62. The number of aliphatic carboxylic acids is 1. The lowest BCUT2D eigenvalue weighted by Crippen LogP contribution is -2.57. The first kappa shape index (κ1) is 33.7. The van der Waals surface area contributed by atoms with Gasteiger partial charge >= 0.3 is 12.1 Å². The quantitative estimate of drug-likeness (QED) is 0.178. The van der Waals surface area contributed by atoms with Crippen LogP contribution in [0.3, 0.4) is 0 Å². The Kier molecular flexibility index (Phi) is 11.1. The van der Waals surface area contributed by atoms with Crippen LogP contribution in [0.15, 0.2) is 30.3 Å². The van der Waals surface area contributed by atoms with Gasteiger partial charge in [-0.05, 0) is 123 Å². The molecular formula is C37H56N2O6. The summed E-state index contributed by atoms with van der Waals surface area (Å²) < 4.78 is 5.19. The number of aliphatic hydroxyl groups excluding tert-OH is 1. The molecule has 45 heavy (non-hydrogen) atoms. The molecule has 0 heterocycles. The van der Waals surface area contributed by atoms with Gasteiger partial charge in [0.1, 0.15) is 12.6 Å². The highest BCUT2D eigenvalue weighted by Crippen LogP contribution is 2.67. The molecule has 4 N–H and O–H groups in total. The minimum absolute atomic E-state index is 0.0822. The van der Waals surface area contributed by atoms with E-state index in [1.807, 2.05) is 30.3 Å². The largest absolute Gasteiger partial charge is 0.480 e. The van der Waals surface area contributed by atoms with Gasteiger partial charge in [-0.25, -0.2) is 9.59 Å². The van der Waals surface area contributed by atoms with E-state index in [2.05, 4.69) is 24.5 Å². The molecule has 8 nitrogen and oxygen atoms in total. The third-order valence-electron chi connectivity index (χ3n) is 12.9. The van der Waals surface area contributed by atoms with E-state index >= 15 is 0 Å². The van der Waals surface area contributed by atoms with Crippen LogP contribution in [-0.4, -0.2) is 46.9 Å². The Labute approximate surface area is 269 Å². The molecule has 0 saturated heterocycles. The van der Waals surface area contributed by atoms with Gasteiger partial charge in [-0.15, -0.1) is 0 Å². The molecular weight excluding hydrogens is 568 g/mol. The monoisotopic (exact) mass is 624 g/mol. The molecule has 2 amide bonds. The van der Waals surface area contributed by atoms with Crippen molar-refractivity contribution in [3.8, 4) is 0 Å². The molecule has 4 saturated carbocycles. The minimum atomic E-state index is -1.04. The number of carboxylic acids is 1. The van der Waals surface area contributed by atoms with E-state index in [4.69, 9.17) is 4.74 Å². The van der Waals surface area contributed by atoms with E-state index in [1.54, 1.807) is 0 Å². The number of carbonyl (C=O) groups excluding carboxylic acids is 2. The summed E-state index contributed by atoms with van der Waals surface area (Å²) in [6, 6.07) is 8.50. The van der Waals surface area contributed by atoms with Crippen molar-refractivity contribution in [1.82, 2.24) is 10.6 Å². The van der Waals surface area contributed by atoms with E-state index in [0.717, 1.165) is 36.7 Å². The summed E-state index contributed by atoms with van der Waals surface area (Å²) in [6.07, 6.45) is 13.9. The molecule has 4 fully saturated rings. The average Bonchev–Trinajstić information content (AvgIpc) is 3.37. The van der Waals surface area contributed by atoms with Gasteiger partial charge in [0.25, 0.3) is 0 Å². The number of fused-ring (bicyclic) bond motifs is 5. The minimum Gasteiger partial charge on any atom is -0.480 e. The molecule has 5 rings (SSSR count). The normalized spacial score (nSPS) is 34.5. The van der Waals surface area contributed by atoms with Crippen molar-refractivity contribution >= 4 is 18.0 Å². The van der Waals surface area contributed by atoms with Crippen LogP contribution in [0.25, 0.3) is 0 Å². The maximum atomic E-state index is 12.8. The highest BCUT2D eigenvalue weighted by Gasteiger charge is 2.62. The van der Waals surface area contributed by atoms with E-state index in [9.17, 15) is 24.6 Å². The Hall–Kier alpha value is -2.61. The summed E-state index contributed by atoms with van der Waals surface area (Å²) in [7, 11) is 0. The summed E-state index contributed by atoms with van der Waals surface area (Å²) in [5.41, 5.74) is 1.22. The second-order valence-corrected chi connectivity index (χ2v) is 15.1. The Morgan fingerprint density at radius 1 is 0.978 bits per heavy atom. The maximum absolute atomic E-state index is 12.8. The van der Waals surface area contributed by atoms with Crippen molar-refractivity contribution < 1.29 is 29.3 Å². The number of amides is 2. The number of alkyl carbamates (subject to hydrolysis) is 1. The van der Waals surface area contributed by atoms with Gasteiger partial charge in [-0.1, -0.05) is 57.0 Å². The second kappa shape index (κ2) is 14.9. The number of rotatable bonds is 13. The number of benzene rings is 1. The zero-order chi connectivity index (χ0) is 32.0. The Morgan fingerprint density at radius 2 is 1.78 bits per heavy atom. The van der Waals surface area contributed by atoms with Crippen molar-refractivity contribution in [2.24, 2.45) is 40.4 Å². The van der Waals surface area contributed by atoms with E-state index < -0.39 is 18.1 Å². The highest BCUT2D eigenvalue weighted by molar-refractivity contribution is 5.83. The van der Waals surface area contributed by atoms with Crippen LogP contribution < -0.4 is 10.6 Å². The lowest BCUT2D eigenvalue weighted by atomic mass is 9.44. The first-order chi connectivity index (χ1) is 21.6. The average molecular weight is 625 g/mol. The summed E-state index contributed by atoms with van der Waals surface area (Å²) in [5.74, 6) is 1.92. The molecule has 4 aliphatic carbocycles. The number of hydrogen-bond donors (Lipinski definition) is 4. The first-order valence-electron chi connectivity index (χ1n) is 17.8. The first-order valence-corrected chi connectivity index (χ1v) is 17.8. The van der Waals surface area contributed by atoms with Crippen molar-refractivity contribution in [1.29, 1.82) is 0 Å². The summed E-state index contributed by atoms with van der Waals surface area (Å²) in [5, 5.41) is 26.8. The van der Waals surface area contributed by atoms with Gasteiger partial charge in [0.05, 0.1) is 6.10 Å². The summed E-state index contributed by atoms with van der Waals surface area (Å²) in [4.78, 5) is 36.5. The fourth-order valence-electron chi connectivity index (χ4n) is 10.3. The van der Waals surface area contributed by atoms with Crippen LogP contribution in [0.2, 0.25) is 0 Å². The van der Waals surface area contributed by atoms with Gasteiger partial charge in [0.15, 0.2) is 0 Å². The second-order valence-electron chi connectivity index (χ2n) is 15.1. The molecule has 0 radical (unpaired) electrons. The van der Waals surface area contributed by atoms with Crippen molar-refractivity contribution in [3.63, 3.8) is 0 Å². The molecule has 0 aliphatic heterocycles. The van der Waals surface area contributed by atoms with Crippen LogP contribution >= 0.6 is 0 Å². The predicted octanol–water partition coefficient (Wildman–Crippen LogP) is 6.84. The molecule has 4 aliphatic rings. The van der Waals surface area contributed by atoms with E-state index in [1.165, 1.54) is 44.9 Å². The standard InChI is InChI=1S/C37H56N2O6/c1-36-21-8-6-13-26(36)17-19-28-29-20-18-27(37(29,2)32(40)23-30(28)36)14-10-16-33(41)39-31(34(42)43)15-7-9-22-38-35(44)45-24-25-11-4-3-5-12-25/h3-5,11-12,26-32,40H,6-10,13-24H2,1-2H3,(H,38,44)(H,39,41)(H,42,43). The topological polar surface area (TPSA) is 125 Å². The highest BCUT2D eigenvalue weighted by atomic mass is 16.5. The fraction of sp³-hybridized carbons (Fsp3) is 0.757. The van der Waals surface area contributed by atoms with Gasteiger partial charge in [-0.2, -0.15) is 0 Å². The molecule has 8 heteroatoms. The molecule has 1 aromatic rings. The molecule has 9 atom stereocenters. The number of hydrogen-bond acceptors (Lipinski definition) is 5. The third kappa shape index (κ3) is 7.52. The van der Waals surface area contributed by atoms with E-state index in [-0.39, 0.29) is 24.0 Å². The molecule has 0 bridgehead atoms. The van der Waals surface area contributed by atoms with Crippen molar-refractivity contribution in [2.75, 3.05) is 6.54 Å². The van der Waals surface area contributed by atoms with Crippen LogP contribution in [0.5, 0.6) is 0 Å². The van der Waals surface area contributed by atoms with Crippen LogP contribution in [0, 0.1) is 40.4 Å². The van der Waals surface area contributed by atoms with Gasteiger partial charge in [-0.3, -0.25) is 4.79 Å². The Bertz CT molecular complexity index is 1160. The number of ether oxygens (including phenoxy) is 1. The summed E-state index contributed by atoms with van der Waals surface area (Å²) >= 11 is 0. The van der Waals surface area contributed by atoms with E-state index in [0.29, 0.717) is 61.8 Å². The van der Waals surface area contributed by atoms with Crippen LogP contribution in [-0.2, 0) is 20.9 Å². The van der Waals surface area contributed by atoms with Gasteiger partial charge in [0.2, 0.25) is 5.91 Å². The van der Waals surface area contributed by atoms with Crippen LogP contribution in [0.4, 0.5) is 4.79 Å². The van der Waals surface area contributed by atoms with Crippen LogP contribution in [0.1, 0.15) is 116 Å². The molecule has 1 aromatic carbocycles. The lowest BCUT2D eigenvalue weighted by molar-refractivity contribution is -0.164. The molecule has 9 unspecified atom stereocenters. The number of carboxylic acid groups (broad SMARTS) is 1. The molecule has 0 aromatic heterocycles. The smallest absolute Gasteiger partial charge is 0.407 e. The van der Waals surface area contributed by atoms with Crippen molar-refractivity contribution in [2.45, 2.75) is 129 Å². The fourth-order valence-corrected chi connectivity index (χ4v) is 10.3. The number of unbranched alkanes of at least 4 members (excludes halogenated alkanes) is 1. The SMILES string of the molecule is CC12CCCCC1CCC1C2CC(O)C2(C)C(CCCC(=O)NC(CCCCNC(=O)OCc3ccccc3)C(=O)O)CCC12. The van der Waals surface area contributed by atoms with Gasteiger partial charge < -0.3 is 25.6 Å². The van der Waals surface area contributed by atoms with Crippen molar-refractivity contribution in [3.05, 3.63) is 35.9 Å². The predicted molar refractivity (Wildman–Crippen MR) is 173 cm³/mol. The number of aliphatic hydroxyl groups is 1. The molecule has 250 valence electrons. The Morgan fingerprint density at radius 3 is 2.56 bits per heavy atom. The number of carbonyl (C=O) groups is 3. The Balaban J connectivity index is 1.02. The maximum Gasteiger partial charge on any atom is 0.407 e. The summed E-state index contributed by atoms with van der Waals surface area (Å²) in [6.45, 7) is 5.45. The molecule has 0 spiro atoms. The number of nitrogens with one attached hydrogen (secondary N) is 2.